The van der Waals surface area contributed by atoms with E-state index in [1.807, 2.05) is 31.5 Å². The van der Waals surface area contributed by atoms with Crippen LogP contribution in [0.2, 0.25) is 0 Å². The van der Waals surface area contributed by atoms with E-state index in [4.69, 9.17) is 0 Å². The van der Waals surface area contributed by atoms with Gasteiger partial charge in [0.05, 0.1) is 12.5 Å². The van der Waals surface area contributed by atoms with Crippen LogP contribution < -0.4 is 0 Å². The van der Waals surface area contributed by atoms with Crippen molar-refractivity contribution in [1.29, 1.82) is 0 Å². The molecule has 0 unspecified atom stereocenters. The second kappa shape index (κ2) is 5.69. The van der Waals surface area contributed by atoms with Crippen molar-refractivity contribution in [2.24, 2.45) is 0 Å². The van der Waals surface area contributed by atoms with Crippen LogP contribution >= 0.6 is 0 Å². The van der Waals surface area contributed by atoms with E-state index in [2.05, 4.69) is 24.7 Å². The van der Waals surface area contributed by atoms with Crippen LogP contribution in [-0.4, -0.2) is 24.7 Å². The van der Waals surface area contributed by atoms with Crippen molar-refractivity contribution in [3.8, 4) is 22.3 Å². The number of rotatable bonds is 3. The lowest BCUT2D eigenvalue weighted by Crippen LogP contribution is -1.95. The molecule has 0 atom stereocenters. The maximum Gasteiger partial charge on any atom is 0.183 e. The third kappa shape index (κ3) is 2.45. The van der Waals surface area contributed by atoms with E-state index in [0.717, 1.165) is 46.4 Å². The fourth-order valence-electron chi connectivity index (χ4n) is 3.30. The summed E-state index contributed by atoms with van der Waals surface area (Å²) in [5.74, 6) is -0.263. The molecule has 128 valence electrons. The van der Waals surface area contributed by atoms with Gasteiger partial charge in [0.1, 0.15) is 11.3 Å². The molecule has 3 aromatic heterocycles. The van der Waals surface area contributed by atoms with E-state index in [-0.39, 0.29) is 5.82 Å². The van der Waals surface area contributed by atoms with Crippen molar-refractivity contribution in [3.63, 3.8) is 0 Å². The molecule has 26 heavy (non-hydrogen) atoms. The highest BCUT2D eigenvalue weighted by molar-refractivity contribution is 5.90. The summed E-state index contributed by atoms with van der Waals surface area (Å²) >= 11 is 0. The van der Waals surface area contributed by atoms with Gasteiger partial charge in [0.2, 0.25) is 0 Å². The van der Waals surface area contributed by atoms with Crippen LogP contribution in [0.4, 0.5) is 4.39 Å². The Morgan fingerprint density at radius 3 is 2.69 bits per heavy atom. The molecular formula is C20H16FN5. The average molecular weight is 345 g/mol. The highest BCUT2D eigenvalue weighted by atomic mass is 19.1. The Hall–Kier alpha value is -3.15. The molecule has 0 aliphatic heterocycles. The summed E-state index contributed by atoms with van der Waals surface area (Å²) in [5, 5.41) is 8.42. The molecule has 0 radical (unpaired) electrons. The number of benzene rings is 1. The number of hydrogen-bond acceptors (Lipinski definition) is 4. The molecule has 0 N–H and O–H groups in total. The molecular weight excluding hydrogens is 329 g/mol. The lowest BCUT2D eigenvalue weighted by atomic mass is 9.99. The van der Waals surface area contributed by atoms with Gasteiger partial charge in [0, 0.05) is 29.1 Å². The van der Waals surface area contributed by atoms with Crippen LogP contribution in [0.3, 0.4) is 0 Å². The first kappa shape index (κ1) is 15.1. The first-order chi connectivity index (χ1) is 12.7. The van der Waals surface area contributed by atoms with Crippen molar-refractivity contribution in [2.75, 3.05) is 0 Å². The second-order valence-electron chi connectivity index (χ2n) is 6.69. The molecule has 1 aromatic carbocycles. The number of nitrogens with zero attached hydrogens (tertiary/aromatic N) is 5. The SMILES string of the molecule is Cc1cc(-c2cc(-c3cnnc4c3ncn4C3CC3)ccc2F)ccn1. The summed E-state index contributed by atoms with van der Waals surface area (Å²) in [4.78, 5) is 8.74. The average Bonchev–Trinajstić information content (AvgIpc) is 3.40. The Morgan fingerprint density at radius 2 is 1.88 bits per heavy atom. The first-order valence-electron chi connectivity index (χ1n) is 8.62. The summed E-state index contributed by atoms with van der Waals surface area (Å²) in [6.07, 6.45) is 7.53. The summed E-state index contributed by atoms with van der Waals surface area (Å²) in [5.41, 5.74) is 5.52. The number of halogens is 1. The van der Waals surface area contributed by atoms with Gasteiger partial charge in [-0.3, -0.25) is 4.98 Å². The molecule has 0 spiro atoms. The Kier molecular flexibility index (Phi) is 3.31. The van der Waals surface area contributed by atoms with Gasteiger partial charge in [-0.15, -0.1) is 5.10 Å². The van der Waals surface area contributed by atoms with E-state index in [0.29, 0.717) is 11.6 Å². The van der Waals surface area contributed by atoms with E-state index in [1.165, 1.54) is 6.07 Å². The summed E-state index contributed by atoms with van der Waals surface area (Å²) in [6.45, 7) is 1.89. The Bertz CT molecular complexity index is 1130. The van der Waals surface area contributed by atoms with Crippen molar-refractivity contribution < 1.29 is 4.39 Å². The smallest absolute Gasteiger partial charge is 0.183 e. The molecule has 5 nitrogen and oxygen atoms in total. The van der Waals surface area contributed by atoms with Gasteiger partial charge in [-0.05, 0) is 55.2 Å². The van der Waals surface area contributed by atoms with Crippen molar-refractivity contribution >= 4 is 11.2 Å². The van der Waals surface area contributed by atoms with Gasteiger partial charge >= 0.3 is 0 Å². The minimum Gasteiger partial charge on any atom is -0.311 e. The highest BCUT2D eigenvalue weighted by Crippen LogP contribution is 2.38. The van der Waals surface area contributed by atoms with Gasteiger partial charge in [0.25, 0.3) is 0 Å². The largest absolute Gasteiger partial charge is 0.311 e. The zero-order valence-corrected chi connectivity index (χ0v) is 14.2. The number of pyridine rings is 1. The third-order valence-electron chi connectivity index (χ3n) is 4.79. The molecule has 5 rings (SSSR count). The van der Waals surface area contributed by atoms with Gasteiger partial charge in [-0.25, -0.2) is 9.37 Å². The summed E-state index contributed by atoms with van der Waals surface area (Å²) < 4.78 is 16.6. The first-order valence-corrected chi connectivity index (χ1v) is 8.62. The van der Waals surface area contributed by atoms with Crippen LogP contribution in [0, 0.1) is 12.7 Å². The Morgan fingerprint density at radius 1 is 1.04 bits per heavy atom. The lowest BCUT2D eigenvalue weighted by Gasteiger charge is -2.08. The zero-order chi connectivity index (χ0) is 17.7. The third-order valence-corrected chi connectivity index (χ3v) is 4.79. The Balaban J connectivity index is 1.67. The molecule has 4 aromatic rings. The highest BCUT2D eigenvalue weighted by Gasteiger charge is 2.26. The Labute approximate surface area is 149 Å². The topological polar surface area (TPSA) is 56.5 Å². The van der Waals surface area contributed by atoms with Gasteiger partial charge in [-0.1, -0.05) is 6.07 Å². The minimum atomic E-state index is -0.263. The number of aromatic nitrogens is 5. The van der Waals surface area contributed by atoms with E-state index < -0.39 is 0 Å². The predicted molar refractivity (Wildman–Crippen MR) is 97.0 cm³/mol. The van der Waals surface area contributed by atoms with Crippen molar-refractivity contribution in [2.45, 2.75) is 25.8 Å². The maximum absolute atomic E-state index is 14.5. The number of fused-ring (bicyclic) bond motifs is 1. The van der Waals surface area contributed by atoms with Crippen LogP contribution in [0.1, 0.15) is 24.6 Å². The summed E-state index contributed by atoms with van der Waals surface area (Å²) in [6, 6.07) is 9.27. The standard InChI is InChI=1S/C20H16FN5/c1-12-8-14(6-7-22-12)16-9-13(2-5-18(16)21)17-10-24-25-20-19(17)23-11-26(20)15-3-4-15/h2,5-11,15H,3-4H2,1H3. The lowest BCUT2D eigenvalue weighted by molar-refractivity contribution is 0.631. The van der Waals surface area contributed by atoms with Crippen LogP contribution in [0.5, 0.6) is 0 Å². The monoisotopic (exact) mass is 345 g/mol. The molecule has 6 heteroatoms. The molecule has 0 bridgehead atoms. The quantitative estimate of drug-likeness (QED) is 0.554. The van der Waals surface area contributed by atoms with Crippen LogP contribution in [0.15, 0.2) is 49.1 Å². The fraction of sp³-hybridized carbons (Fsp3) is 0.200. The molecule has 1 aliphatic rings. The second-order valence-corrected chi connectivity index (χ2v) is 6.69. The van der Waals surface area contributed by atoms with Crippen molar-refractivity contribution in [3.05, 3.63) is 60.6 Å². The van der Waals surface area contributed by atoms with Crippen LogP contribution in [-0.2, 0) is 0 Å². The van der Waals surface area contributed by atoms with Crippen LogP contribution in [0.25, 0.3) is 33.4 Å². The normalized spacial score (nSPS) is 14.1. The van der Waals surface area contributed by atoms with Gasteiger partial charge in [0.15, 0.2) is 5.65 Å². The van der Waals surface area contributed by atoms with E-state index in [9.17, 15) is 4.39 Å². The summed E-state index contributed by atoms with van der Waals surface area (Å²) in [7, 11) is 0. The maximum atomic E-state index is 14.5. The minimum absolute atomic E-state index is 0.263. The van der Waals surface area contributed by atoms with Gasteiger partial charge < -0.3 is 4.57 Å². The number of hydrogen-bond donors (Lipinski definition) is 0. The van der Waals surface area contributed by atoms with Gasteiger partial charge in [-0.2, -0.15) is 5.10 Å². The number of imidazole rings is 1. The molecule has 0 saturated heterocycles. The zero-order valence-electron chi connectivity index (χ0n) is 14.2. The molecule has 3 heterocycles. The predicted octanol–water partition coefficient (Wildman–Crippen LogP) is 4.34. The molecule has 0 amide bonds. The van der Waals surface area contributed by atoms with Crippen molar-refractivity contribution in [1.82, 2.24) is 24.7 Å². The van der Waals surface area contributed by atoms with E-state index in [1.54, 1.807) is 18.5 Å². The molecule has 1 fully saturated rings. The molecule has 1 saturated carbocycles. The van der Waals surface area contributed by atoms with E-state index >= 15 is 0 Å². The number of aryl methyl sites for hydroxylation is 1. The fourth-order valence-corrected chi connectivity index (χ4v) is 3.30. The molecule has 1 aliphatic carbocycles.